The molecule has 20 heavy (non-hydrogen) atoms. The summed E-state index contributed by atoms with van der Waals surface area (Å²) >= 11 is 0. The van der Waals surface area contributed by atoms with Gasteiger partial charge in [-0.25, -0.2) is 8.42 Å². The lowest BCUT2D eigenvalue weighted by molar-refractivity contribution is -0.120. The smallest absolute Gasteiger partial charge is 0.235 e. The lowest BCUT2D eigenvalue weighted by Gasteiger charge is -2.24. The maximum absolute atomic E-state index is 12.0. The second-order valence-corrected chi connectivity index (χ2v) is 7.87. The quantitative estimate of drug-likeness (QED) is 0.875. The molecule has 1 aromatic rings. The van der Waals surface area contributed by atoms with Crippen LogP contribution in [0.4, 0.5) is 0 Å². The van der Waals surface area contributed by atoms with Crippen molar-refractivity contribution in [3.8, 4) is 0 Å². The molecule has 0 fully saturated rings. The summed E-state index contributed by atoms with van der Waals surface area (Å²) in [7, 11) is -3.44. The van der Waals surface area contributed by atoms with Gasteiger partial charge in [0.2, 0.25) is 5.91 Å². The van der Waals surface area contributed by atoms with Gasteiger partial charge in [0.05, 0.1) is 5.75 Å². The first-order chi connectivity index (χ1) is 9.13. The van der Waals surface area contributed by atoms with E-state index in [0.29, 0.717) is 5.56 Å². The average molecular weight is 297 g/mol. The number of nitrogens with one attached hydrogen (secondary N) is 1. The van der Waals surface area contributed by atoms with Crippen LogP contribution in [0.25, 0.3) is 0 Å². The van der Waals surface area contributed by atoms with E-state index in [-0.39, 0.29) is 11.3 Å². The number of hydrogen-bond donors (Lipinski definition) is 1. The Balaban J connectivity index is 2.69. The lowest BCUT2D eigenvalue weighted by atomic mass is 10.0. The van der Waals surface area contributed by atoms with E-state index in [1.54, 1.807) is 6.07 Å². The van der Waals surface area contributed by atoms with Crippen LogP contribution in [0.3, 0.4) is 0 Å². The minimum atomic E-state index is -3.44. The largest absolute Gasteiger partial charge is 0.350 e. The van der Waals surface area contributed by atoms with Crippen LogP contribution in [-0.2, 0) is 20.4 Å². The molecule has 0 aliphatic carbocycles. The molecular weight excluding hydrogens is 274 g/mol. The molecule has 1 N–H and O–H groups in total. The summed E-state index contributed by atoms with van der Waals surface area (Å²) in [6.45, 7) is 7.60. The van der Waals surface area contributed by atoms with E-state index in [1.165, 1.54) is 0 Å². The maximum Gasteiger partial charge on any atom is 0.235 e. The summed E-state index contributed by atoms with van der Waals surface area (Å²) < 4.78 is 24.1. The minimum Gasteiger partial charge on any atom is -0.350 e. The fraction of sp³-hybridized carbons (Fsp3) is 0.533. The summed E-state index contributed by atoms with van der Waals surface area (Å²) in [4.78, 5) is 11.8. The van der Waals surface area contributed by atoms with Gasteiger partial charge in [0.25, 0.3) is 0 Å². The number of aryl methyl sites for hydroxylation is 1. The Hall–Kier alpha value is -1.36. The predicted octanol–water partition coefficient (Wildman–Crippen LogP) is 2.21. The summed E-state index contributed by atoms with van der Waals surface area (Å²) in [6.07, 6.45) is 0.747. The molecule has 4 nitrogen and oxygen atoms in total. The van der Waals surface area contributed by atoms with Crippen LogP contribution in [-0.4, -0.2) is 25.6 Å². The van der Waals surface area contributed by atoms with Gasteiger partial charge in [-0.05, 0) is 32.8 Å². The van der Waals surface area contributed by atoms with E-state index < -0.39 is 21.5 Å². The Morgan fingerprint density at radius 2 is 1.95 bits per heavy atom. The molecule has 112 valence electrons. The van der Waals surface area contributed by atoms with E-state index >= 15 is 0 Å². The van der Waals surface area contributed by atoms with Crippen molar-refractivity contribution < 1.29 is 13.2 Å². The summed E-state index contributed by atoms with van der Waals surface area (Å²) in [6, 6.07) is 7.32. The van der Waals surface area contributed by atoms with Gasteiger partial charge in [-0.1, -0.05) is 36.8 Å². The Morgan fingerprint density at radius 1 is 1.30 bits per heavy atom. The highest BCUT2D eigenvalue weighted by atomic mass is 32.2. The third-order valence-electron chi connectivity index (χ3n) is 3.18. The maximum atomic E-state index is 12.0. The van der Waals surface area contributed by atoms with Gasteiger partial charge in [-0.3, -0.25) is 4.79 Å². The zero-order valence-corrected chi connectivity index (χ0v) is 13.4. The molecule has 0 radical (unpaired) electrons. The van der Waals surface area contributed by atoms with Crippen molar-refractivity contribution in [2.75, 3.05) is 5.75 Å². The molecule has 0 atom stereocenters. The van der Waals surface area contributed by atoms with Crippen LogP contribution in [0.1, 0.15) is 38.3 Å². The number of carbonyl (C=O) groups excluding carboxylic acids is 1. The van der Waals surface area contributed by atoms with Crippen molar-refractivity contribution in [3.63, 3.8) is 0 Å². The molecule has 0 saturated carbocycles. The van der Waals surface area contributed by atoms with Gasteiger partial charge in [0.1, 0.15) is 5.75 Å². The second-order valence-electron chi connectivity index (χ2n) is 5.81. The fourth-order valence-electron chi connectivity index (χ4n) is 1.81. The van der Waals surface area contributed by atoms with Crippen molar-refractivity contribution >= 4 is 15.7 Å². The van der Waals surface area contributed by atoms with Crippen LogP contribution < -0.4 is 5.32 Å². The number of sulfone groups is 1. The van der Waals surface area contributed by atoms with E-state index in [0.717, 1.165) is 12.0 Å². The zero-order valence-electron chi connectivity index (χ0n) is 12.6. The van der Waals surface area contributed by atoms with Gasteiger partial charge in [0.15, 0.2) is 9.84 Å². The number of amides is 1. The van der Waals surface area contributed by atoms with Gasteiger partial charge in [-0.15, -0.1) is 0 Å². The molecule has 0 aliphatic rings. The topological polar surface area (TPSA) is 63.2 Å². The second kappa shape index (κ2) is 6.39. The minimum absolute atomic E-state index is 0.103. The van der Waals surface area contributed by atoms with Crippen molar-refractivity contribution in [3.05, 3.63) is 35.4 Å². The first kappa shape index (κ1) is 16.7. The Bertz CT molecular complexity index is 577. The number of rotatable bonds is 6. The third kappa shape index (κ3) is 5.74. The van der Waals surface area contributed by atoms with Gasteiger partial charge < -0.3 is 5.32 Å². The van der Waals surface area contributed by atoms with Gasteiger partial charge in [0, 0.05) is 5.54 Å². The number of carbonyl (C=O) groups is 1. The first-order valence-electron chi connectivity index (χ1n) is 6.70. The summed E-state index contributed by atoms with van der Waals surface area (Å²) in [5.41, 5.74) is 1.34. The molecule has 0 spiro atoms. The number of benzene rings is 1. The Labute approximate surface area is 121 Å². The first-order valence-corrected chi connectivity index (χ1v) is 8.53. The van der Waals surface area contributed by atoms with Gasteiger partial charge in [-0.2, -0.15) is 0 Å². The van der Waals surface area contributed by atoms with Crippen LogP contribution in [0.2, 0.25) is 0 Å². The Morgan fingerprint density at radius 3 is 2.50 bits per heavy atom. The predicted molar refractivity (Wildman–Crippen MR) is 81.2 cm³/mol. The van der Waals surface area contributed by atoms with E-state index in [2.05, 4.69) is 5.32 Å². The molecule has 0 aromatic heterocycles. The molecule has 5 heteroatoms. The van der Waals surface area contributed by atoms with E-state index in [9.17, 15) is 13.2 Å². The third-order valence-corrected chi connectivity index (χ3v) is 4.66. The zero-order chi connectivity index (χ0) is 15.4. The molecule has 0 heterocycles. The fourth-order valence-corrected chi connectivity index (χ4v) is 3.07. The van der Waals surface area contributed by atoms with Crippen LogP contribution in [0.15, 0.2) is 24.3 Å². The highest BCUT2D eigenvalue weighted by Crippen LogP contribution is 2.10. The summed E-state index contributed by atoms with van der Waals surface area (Å²) in [5, 5.41) is 2.74. The SMILES string of the molecule is CCC(C)(C)NC(=O)CS(=O)(=O)Cc1cccc(C)c1. The molecule has 0 aliphatic heterocycles. The molecule has 0 saturated heterocycles. The Kier molecular flexibility index (Phi) is 5.34. The monoisotopic (exact) mass is 297 g/mol. The lowest BCUT2D eigenvalue weighted by Crippen LogP contribution is -2.45. The molecule has 1 amide bonds. The van der Waals surface area contributed by atoms with Crippen molar-refractivity contribution in [1.82, 2.24) is 5.32 Å². The van der Waals surface area contributed by atoms with Crippen molar-refractivity contribution in [2.24, 2.45) is 0 Å². The highest BCUT2D eigenvalue weighted by molar-refractivity contribution is 7.91. The van der Waals surface area contributed by atoms with E-state index in [4.69, 9.17) is 0 Å². The van der Waals surface area contributed by atoms with Gasteiger partial charge >= 0.3 is 0 Å². The molecule has 0 unspecified atom stereocenters. The molecule has 1 aromatic carbocycles. The van der Waals surface area contributed by atoms with Crippen LogP contribution in [0, 0.1) is 6.92 Å². The van der Waals surface area contributed by atoms with Crippen LogP contribution >= 0.6 is 0 Å². The molecule has 1 rings (SSSR count). The van der Waals surface area contributed by atoms with Crippen molar-refractivity contribution in [2.45, 2.75) is 45.4 Å². The molecular formula is C15H23NO3S. The summed E-state index contributed by atoms with van der Waals surface area (Å²) in [5.74, 6) is -1.01. The highest BCUT2D eigenvalue weighted by Gasteiger charge is 2.22. The molecule has 0 bridgehead atoms. The van der Waals surface area contributed by atoms with E-state index in [1.807, 2.05) is 45.9 Å². The van der Waals surface area contributed by atoms with Crippen LogP contribution in [0.5, 0.6) is 0 Å². The standard InChI is InChI=1S/C15H23NO3S/c1-5-15(3,4)16-14(17)11-20(18,19)10-13-8-6-7-12(2)9-13/h6-9H,5,10-11H2,1-4H3,(H,16,17). The number of hydrogen-bond acceptors (Lipinski definition) is 3. The van der Waals surface area contributed by atoms with Crippen molar-refractivity contribution in [1.29, 1.82) is 0 Å². The normalized spacial score (nSPS) is 12.2. The average Bonchev–Trinajstić information content (AvgIpc) is 2.26.